The molecule has 2 aromatic rings. The largest absolute Gasteiger partial charge is 0.469 e. The van der Waals surface area contributed by atoms with Crippen LogP contribution in [0.1, 0.15) is 41.8 Å². The number of aryl methyl sites for hydroxylation is 2. The van der Waals surface area contributed by atoms with E-state index in [0.717, 1.165) is 18.7 Å². The van der Waals surface area contributed by atoms with Crippen LogP contribution in [0.2, 0.25) is 0 Å². The topological polar surface area (TPSA) is 25.2 Å². The van der Waals surface area contributed by atoms with Gasteiger partial charge in [0.1, 0.15) is 5.76 Å². The van der Waals surface area contributed by atoms with Crippen LogP contribution in [0.25, 0.3) is 0 Å². The molecule has 0 bridgehead atoms. The van der Waals surface area contributed by atoms with E-state index in [2.05, 4.69) is 49.5 Å². The smallest absolute Gasteiger partial charge is 0.105 e. The van der Waals surface area contributed by atoms with Crippen LogP contribution >= 0.6 is 0 Å². The van der Waals surface area contributed by atoms with Gasteiger partial charge in [-0.1, -0.05) is 36.8 Å². The lowest BCUT2D eigenvalue weighted by molar-refractivity contribution is 0.517. The fourth-order valence-corrected chi connectivity index (χ4v) is 2.15. The molecule has 0 aliphatic carbocycles. The Kier molecular flexibility index (Phi) is 4.21. The first-order chi connectivity index (χ1) is 8.72. The summed E-state index contributed by atoms with van der Waals surface area (Å²) in [6.45, 7) is 7.32. The molecule has 2 nitrogen and oxygen atoms in total. The van der Waals surface area contributed by atoms with E-state index < -0.39 is 0 Å². The quantitative estimate of drug-likeness (QED) is 0.859. The van der Waals surface area contributed by atoms with E-state index in [1.54, 1.807) is 6.26 Å². The average Bonchev–Trinajstić information content (AvgIpc) is 2.78. The summed E-state index contributed by atoms with van der Waals surface area (Å²) >= 11 is 0. The van der Waals surface area contributed by atoms with Gasteiger partial charge in [0.15, 0.2) is 0 Å². The van der Waals surface area contributed by atoms with Crippen molar-refractivity contribution in [1.82, 2.24) is 5.32 Å². The minimum Gasteiger partial charge on any atom is -0.469 e. The van der Waals surface area contributed by atoms with Gasteiger partial charge in [-0.05, 0) is 38.4 Å². The summed E-state index contributed by atoms with van der Waals surface area (Å²) in [6, 6.07) is 11.0. The zero-order valence-electron chi connectivity index (χ0n) is 11.4. The van der Waals surface area contributed by atoms with Crippen LogP contribution in [0, 0.1) is 13.8 Å². The zero-order valence-corrected chi connectivity index (χ0v) is 11.4. The maximum Gasteiger partial charge on any atom is 0.105 e. The summed E-state index contributed by atoms with van der Waals surface area (Å²) in [5.74, 6) is 0.990. The molecule has 2 heteroatoms. The Hall–Kier alpha value is -1.54. The normalized spacial score (nSPS) is 12.6. The highest BCUT2D eigenvalue weighted by Crippen LogP contribution is 2.25. The van der Waals surface area contributed by atoms with Gasteiger partial charge in [-0.25, -0.2) is 0 Å². The number of hydrogen-bond donors (Lipinski definition) is 1. The molecule has 1 N–H and O–H groups in total. The molecule has 18 heavy (non-hydrogen) atoms. The fourth-order valence-electron chi connectivity index (χ4n) is 2.15. The molecule has 0 saturated carbocycles. The Balaban J connectivity index is 2.30. The third kappa shape index (κ3) is 2.82. The maximum absolute atomic E-state index is 5.43. The predicted octanol–water partition coefficient (Wildman–Crippen LogP) is 3.99. The second kappa shape index (κ2) is 5.87. The van der Waals surface area contributed by atoms with Gasteiger partial charge in [-0.2, -0.15) is 0 Å². The van der Waals surface area contributed by atoms with Crippen molar-refractivity contribution in [3.63, 3.8) is 0 Å². The number of furan rings is 1. The van der Waals surface area contributed by atoms with Crippen LogP contribution in [-0.2, 0) is 0 Å². The van der Waals surface area contributed by atoms with Crippen molar-refractivity contribution in [2.75, 3.05) is 6.54 Å². The number of hydrogen-bond acceptors (Lipinski definition) is 2. The van der Waals surface area contributed by atoms with E-state index in [-0.39, 0.29) is 6.04 Å². The summed E-state index contributed by atoms with van der Waals surface area (Å²) < 4.78 is 5.43. The third-order valence-corrected chi connectivity index (χ3v) is 3.22. The first kappa shape index (κ1) is 12.9. The summed E-state index contributed by atoms with van der Waals surface area (Å²) in [4.78, 5) is 0. The second-order valence-corrected chi connectivity index (χ2v) is 4.73. The van der Waals surface area contributed by atoms with Crippen molar-refractivity contribution in [2.45, 2.75) is 33.2 Å². The molecule has 0 spiro atoms. The molecular formula is C16H21NO. The number of rotatable bonds is 5. The van der Waals surface area contributed by atoms with Gasteiger partial charge >= 0.3 is 0 Å². The molecular weight excluding hydrogens is 222 g/mol. The summed E-state index contributed by atoms with van der Waals surface area (Å²) in [7, 11) is 0. The fraction of sp³-hybridized carbons (Fsp3) is 0.375. The molecule has 1 aromatic heterocycles. The molecule has 0 saturated heterocycles. The lowest BCUT2D eigenvalue weighted by Gasteiger charge is -2.19. The van der Waals surface area contributed by atoms with Crippen molar-refractivity contribution in [3.8, 4) is 0 Å². The van der Waals surface area contributed by atoms with E-state index in [4.69, 9.17) is 4.42 Å². The highest BCUT2D eigenvalue weighted by atomic mass is 16.3. The molecule has 0 aliphatic heterocycles. The molecule has 0 amide bonds. The Morgan fingerprint density at radius 3 is 2.39 bits per heavy atom. The molecule has 1 aromatic carbocycles. The molecule has 2 rings (SSSR count). The molecule has 0 aliphatic rings. The Morgan fingerprint density at radius 2 is 1.83 bits per heavy atom. The summed E-state index contributed by atoms with van der Waals surface area (Å²) in [6.07, 6.45) is 2.89. The average molecular weight is 243 g/mol. The van der Waals surface area contributed by atoms with Crippen molar-refractivity contribution in [1.29, 1.82) is 0 Å². The van der Waals surface area contributed by atoms with E-state index in [9.17, 15) is 0 Å². The Morgan fingerprint density at radius 1 is 1.11 bits per heavy atom. The number of benzene rings is 1. The van der Waals surface area contributed by atoms with Crippen molar-refractivity contribution in [3.05, 3.63) is 59.0 Å². The lowest BCUT2D eigenvalue weighted by Crippen LogP contribution is -2.23. The summed E-state index contributed by atoms with van der Waals surface area (Å²) in [5, 5.41) is 3.59. The minimum atomic E-state index is 0.226. The number of nitrogens with one attached hydrogen (secondary N) is 1. The molecule has 1 heterocycles. The van der Waals surface area contributed by atoms with Gasteiger partial charge in [0.05, 0.1) is 12.3 Å². The van der Waals surface area contributed by atoms with Crippen molar-refractivity contribution < 1.29 is 4.42 Å². The minimum absolute atomic E-state index is 0.226. The first-order valence-corrected chi connectivity index (χ1v) is 6.56. The standard InChI is InChI=1S/C16H21NO/c1-4-10-17-16(15-9-11-18-13(15)3)14-7-5-12(2)6-8-14/h5-9,11,16-17H,4,10H2,1-3H3. The first-order valence-electron chi connectivity index (χ1n) is 6.56. The van der Waals surface area contributed by atoms with E-state index in [1.165, 1.54) is 16.7 Å². The maximum atomic E-state index is 5.43. The monoisotopic (exact) mass is 243 g/mol. The van der Waals surface area contributed by atoms with Gasteiger partial charge < -0.3 is 9.73 Å². The molecule has 96 valence electrons. The lowest BCUT2D eigenvalue weighted by atomic mass is 9.98. The predicted molar refractivity (Wildman–Crippen MR) is 74.8 cm³/mol. The van der Waals surface area contributed by atoms with Crippen LogP contribution in [0.5, 0.6) is 0 Å². The highest BCUT2D eigenvalue weighted by Gasteiger charge is 2.16. The van der Waals surface area contributed by atoms with Gasteiger partial charge in [-0.15, -0.1) is 0 Å². The van der Waals surface area contributed by atoms with Crippen LogP contribution < -0.4 is 5.32 Å². The van der Waals surface area contributed by atoms with Crippen molar-refractivity contribution in [2.24, 2.45) is 0 Å². The van der Waals surface area contributed by atoms with E-state index in [1.807, 2.05) is 6.92 Å². The van der Waals surface area contributed by atoms with Crippen LogP contribution in [-0.4, -0.2) is 6.54 Å². The Bertz CT molecular complexity index is 484. The van der Waals surface area contributed by atoms with Gasteiger partial charge in [0.25, 0.3) is 0 Å². The molecule has 0 radical (unpaired) electrons. The van der Waals surface area contributed by atoms with Gasteiger partial charge in [-0.3, -0.25) is 0 Å². The van der Waals surface area contributed by atoms with Crippen LogP contribution in [0.4, 0.5) is 0 Å². The molecule has 1 atom stereocenters. The zero-order chi connectivity index (χ0) is 13.0. The van der Waals surface area contributed by atoms with E-state index >= 15 is 0 Å². The van der Waals surface area contributed by atoms with Crippen LogP contribution in [0.15, 0.2) is 41.0 Å². The second-order valence-electron chi connectivity index (χ2n) is 4.73. The molecule has 1 unspecified atom stereocenters. The summed E-state index contributed by atoms with van der Waals surface area (Å²) in [5.41, 5.74) is 3.81. The van der Waals surface area contributed by atoms with Crippen LogP contribution in [0.3, 0.4) is 0 Å². The highest BCUT2D eigenvalue weighted by molar-refractivity contribution is 5.34. The van der Waals surface area contributed by atoms with Gasteiger partial charge in [0, 0.05) is 5.56 Å². The molecule has 0 fully saturated rings. The van der Waals surface area contributed by atoms with E-state index in [0.29, 0.717) is 0 Å². The van der Waals surface area contributed by atoms with Gasteiger partial charge in [0.2, 0.25) is 0 Å². The third-order valence-electron chi connectivity index (χ3n) is 3.22. The SMILES string of the molecule is CCCNC(c1ccc(C)cc1)c1ccoc1C. The Labute approximate surface area is 109 Å². The van der Waals surface area contributed by atoms with Crippen molar-refractivity contribution >= 4 is 0 Å².